The molecule has 0 unspecified atom stereocenters. The SMILES string of the molecule is COC(=O)c1c(OC[C@@H]2CCCN(C)C2)cc(=O)n2c1CCN(Cc1ccc(C)c(C)c1)CC2. The first kappa shape index (κ1) is 24.5. The van der Waals surface area contributed by atoms with Gasteiger partial charge in [-0.2, -0.15) is 0 Å². The number of rotatable bonds is 6. The van der Waals surface area contributed by atoms with Crippen LogP contribution < -0.4 is 10.3 Å². The van der Waals surface area contributed by atoms with Crippen molar-refractivity contribution in [2.45, 2.75) is 46.2 Å². The van der Waals surface area contributed by atoms with Crippen molar-refractivity contribution in [1.29, 1.82) is 0 Å². The fourth-order valence-corrected chi connectivity index (χ4v) is 5.16. The molecule has 2 aromatic rings. The van der Waals surface area contributed by atoms with Gasteiger partial charge in [-0.15, -0.1) is 0 Å². The molecule has 0 spiro atoms. The van der Waals surface area contributed by atoms with Gasteiger partial charge in [-0.25, -0.2) is 4.79 Å². The van der Waals surface area contributed by atoms with Crippen LogP contribution in [0.4, 0.5) is 0 Å². The molecule has 0 radical (unpaired) electrons. The Morgan fingerprint density at radius 3 is 2.65 bits per heavy atom. The normalized spacial score (nSPS) is 19.4. The van der Waals surface area contributed by atoms with Crippen molar-refractivity contribution in [3.8, 4) is 5.75 Å². The highest BCUT2D eigenvalue weighted by atomic mass is 16.5. The second-order valence-corrected chi connectivity index (χ2v) is 9.84. The largest absolute Gasteiger partial charge is 0.492 e. The van der Waals surface area contributed by atoms with Gasteiger partial charge in [-0.05, 0) is 57.0 Å². The van der Waals surface area contributed by atoms with Gasteiger partial charge in [-0.3, -0.25) is 9.69 Å². The molecular formula is C27H37N3O4. The van der Waals surface area contributed by atoms with Crippen molar-refractivity contribution in [3.05, 3.63) is 62.6 Å². The lowest BCUT2D eigenvalue weighted by atomic mass is 9.99. The van der Waals surface area contributed by atoms with Crippen molar-refractivity contribution in [3.63, 3.8) is 0 Å². The molecule has 34 heavy (non-hydrogen) atoms. The minimum Gasteiger partial charge on any atom is -0.492 e. The molecule has 4 rings (SSSR count). The van der Waals surface area contributed by atoms with E-state index in [9.17, 15) is 9.59 Å². The number of hydrogen-bond acceptors (Lipinski definition) is 6. The molecule has 0 N–H and O–H groups in total. The molecule has 3 heterocycles. The zero-order chi connectivity index (χ0) is 24.2. The average molecular weight is 468 g/mol. The number of aromatic nitrogens is 1. The van der Waals surface area contributed by atoms with E-state index in [0.29, 0.717) is 36.8 Å². The van der Waals surface area contributed by atoms with Gasteiger partial charge in [0.05, 0.1) is 13.7 Å². The standard InChI is InChI=1S/C27H37N3O4/c1-19-7-8-21(14-20(19)2)17-29-11-9-23-26(27(32)33-4)24(15-25(31)30(23)13-12-29)34-18-22-6-5-10-28(3)16-22/h7-8,14-15,22H,5-6,9-13,16-18H2,1-4H3/t22-/m1/s1. The van der Waals surface area contributed by atoms with Gasteiger partial charge in [-0.1, -0.05) is 18.2 Å². The lowest BCUT2D eigenvalue weighted by Crippen LogP contribution is -2.35. The number of benzene rings is 1. The maximum absolute atomic E-state index is 13.1. The quantitative estimate of drug-likeness (QED) is 0.609. The number of pyridine rings is 1. The summed E-state index contributed by atoms with van der Waals surface area (Å²) in [6.07, 6.45) is 2.82. The first-order chi connectivity index (χ1) is 16.4. The summed E-state index contributed by atoms with van der Waals surface area (Å²) >= 11 is 0. The second kappa shape index (κ2) is 10.7. The van der Waals surface area contributed by atoms with Crippen LogP contribution in [0, 0.1) is 19.8 Å². The molecule has 2 aliphatic rings. The van der Waals surface area contributed by atoms with E-state index in [-0.39, 0.29) is 5.56 Å². The molecule has 1 fully saturated rings. The molecule has 0 aliphatic carbocycles. The van der Waals surface area contributed by atoms with Gasteiger partial charge in [0.25, 0.3) is 5.56 Å². The zero-order valence-corrected chi connectivity index (χ0v) is 20.9. The Labute approximate surface area is 202 Å². The summed E-state index contributed by atoms with van der Waals surface area (Å²) in [5.41, 5.74) is 4.83. The van der Waals surface area contributed by atoms with Crippen LogP contribution in [0.2, 0.25) is 0 Å². The molecule has 7 heteroatoms. The van der Waals surface area contributed by atoms with Gasteiger partial charge in [0.2, 0.25) is 0 Å². The van der Waals surface area contributed by atoms with E-state index >= 15 is 0 Å². The Bertz CT molecular complexity index is 1090. The minimum absolute atomic E-state index is 0.119. The molecule has 1 saturated heterocycles. The number of aryl methyl sites for hydroxylation is 2. The highest BCUT2D eigenvalue weighted by Crippen LogP contribution is 2.26. The van der Waals surface area contributed by atoms with Crippen molar-refractivity contribution in [2.24, 2.45) is 5.92 Å². The molecule has 1 aromatic carbocycles. The van der Waals surface area contributed by atoms with E-state index in [0.717, 1.165) is 51.3 Å². The van der Waals surface area contributed by atoms with Gasteiger partial charge < -0.3 is 18.9 Å². The molecular weight excluding hydrogens is 430 g/mol. The zero-order valence-electron chi connectivity index (χ0n) is 20.9. The van der Waals surface area contributed by atoms with E-state index in [1.54, 1.807) is 4.57 Å². The third-order valence-electron chi connectivity index (χ3n) is 7.25. The number of piperidine rings is 1. The Hall–Kier alpha value is -2.64. The summed E-state index contributed by atoms with van der Waals surface area (Å²) in [7, 11) is 3.50. The molecule has 0 bridgehead atoms. The number of methoxy groups -OCH3 is 1. The Morgan fingerprint density at radius 1 is 1.09 bits per heavy atom. The highest BCUT2D eigenvalue weighted by Gasteiger charge is 2.27. The molecule has 2 aliphatic heterocycles. The first-order valence-electron chi connectivity index (χ1n) is 12.3. The van der Waals surface area contributed by atoms with Crippen LogP contribution in [-0.4, -0.2) is 67.3 Å². The minimum atomic E-state index is -0.442. The van der Waals surface area contributed by atoms with Crippen molar-refractivity contribution >= 4 is 5.97 Å². The van der Waals surface area contributed by atoms with Crippen LogP contribution in [-0.2, 0) is 24.2 Å². The summed E-state index contributed by atoms with van der Waals surface area (Å²) in [4.78, 5) is 30.5. The lowest BCUT2D eigenvalue weighted by molar-refractivity contribution is 0.0590. The van der Waals surface area contributed by atoms with Gasteiger partial charge in [0, 0.05) is 56.8 Å². The fourth-order valence-electron chi connectivity index (χ4n) is 5.16. The molecule has 0 amide bonds. The van der Waals surface area contributed by atoms with Crippen molar-refractivity contribution < 1.29 is 14.3 Å². The van der Waals surface area contributed by atoms with E-state index in [2.05, 4.69) is 48.9 Å². The van der Waals surface area contributed by atoms with Crippen LogP contribution in [0.3, 0.4) is 0 Å². The fraction of sp³-hybridized carbons (Fsp3) is 0.556. The van der Waals surface area contributed by atoms with Crippen LogP contribution >= 0.6 is 0 Å². The summed E-state index contributed by atoms with van der Waals surface area (Å²) in [6.45, 7) is 9.67. The average Bonchev–Trinajstić information content (AvgIpc) is 3.03. The number of nitrogens with zero attached hydrogens (tertiary/aromatic N) is 3. The number of carbonyl (C=O) groups is 1. The van der Waals surface area contributed by atoms with Crippen LogP contribution in [0.25, 0.3) is 0 Å². The van der Waals surface area contributed by atoms with E-state index in [1.165, 1.54) is 29.9 Å². The molecule has 1 atom stereocenters. The van der Waals surface area contributed by atoms with E-state index in [4.69, 9.17) is 9.47 Å². The van der Waals surface area contributed by atoms with Gasteiger partial charge in [0.1, 0.15) is 11.3 Å². The number of likely N-dealkylation sites (tertiary alicyclic amines) is 1. The monoisotopic (exact) mass is 467 g/mol. The molecule has 0 saturated carbocycles. The first-order valence-corrected chi connectivity index (χ1v) is 12.3. The van der Waals surface area contributed by atoms with Crippen LogP contribution in [0.15, 0.2) is 29.1 Å². The topological polar surface area (TPSA) is 64.0 Å². The van der Waals surface area contributed by atoms with Crippen LogP contribution in [0.1, 0.15) is 45.6 Å². The maximum Gasteiger partial charge on any atom is 0.343 e. The predicted octanol–water partition coefficient (Wildman–Crippen LogP) is 3.03. The van der Waals surface area contributed by atoms with Gasteiger partial charge >= 0.3 is 5.97 Å². The summed E-state index contributed by atoms with van der Waals surface area (Å²) in [5.74, 6) is 0.306. The highest BCUT2D eigenvalue weighted by molar-refractivity contribution is 5.93. The Balaban J connectivity index is 1.55. The van der Waals surface area contributed by atoms with Crippen LogP contribution in [0.5, 0.6) is 5.75 Å². The van der Waals surface area contributed by atoms with E-state index in [1.807, 2.05) is 0 Å². The van der Waals surface area contributed by atoms with E-state index < -0.39 is 5.97 Å². The number of ether oxygens (including phenoxy) is 2. The van der Waals surface area contributed by atoms with Crippen molar-refractivity contribution in [2.75, 3.05) is 46.9 Å². The number of carbonyl (C=O) groups excluding carboxylic acids is 1. The number of esters is 1. The Morgan fingerprint density at radius 2 is 1.91 bits per heavy atom. The number of hydrogen-bond donors (Lipinski definition) is 0. The Kier molecular flexibility index (Phi) is 7.73. The van der Waals surface area contributed by atoms with Gasteiger partial charge in [0.15, 0.2) is 0 Å². The molecule has 184 valence electrons. The third-order valence-corrected chi connectivity index (χ3v) is 7.25. The molecule has 1 aromatic heterocycles. The summed E-state index contributed by atoms with van der Waals surface area (Å²) in [6, 6.07) is 8.03. The number of fused-ring (bicyclic) bond motifs is 1. The maximum atomic E-state index is 13.1. The smallest absolute Gasteiger partial charge is 0.343 e. The third kappa shape index (κ3) is 5.53. The summed E-state index contributed by atoms with van der Waals surface area (Å²) < 4.78 is 13.0. The summed E-state index contributed by atoms with van der Waals surface area (Å²) in [5, 5.41) is 0. The predicted molar refractivity (Wildman–Crippen MR) is 133 cm³/mol. The lowest BCUT2D eigenvalue weighted by Gasteiger charge is -2.29. The van der Waals surface area contributed by atoms with Crippen molar-refractivity contribution in [1.82, 2.24) is 14.4 Å². The second-order valence-electron chi connectivity index (χ2n) is 9.84. The molecule has 7 nitrogen and oxygen atoms in total.